The number of aryl methyl sites for hydroxylation is 2. The molecule has 1 aromatic heterocycles. The second-order valence-electron chi connectivity index (χ2n) is 6.14. The standard InChI is InChI=1S/C16H26N4/c1-3-13-10-16(19-12(2)18-13)20-9-5-4-6-15(20)11-17-14-7-8-14/h10,14-15,17H,3-9,11H2,1-2H3. The highest BCUT2D eigenvalue weighted by Crippen LogP contribution is 2.25. The Kier molecular flexibility index (Phi) is 4.20. The topological polar surface area (TPSA) is 41.0 Å². The molecule has 0 radical (unpaired) electrons. The van der Waals surface area contributed by atoms with Crippen LogP contribution in [-0.4, -0.2) is 35.1 Å². The Balaban J connectivity index is 1.75. The summed E-state index contributed by atoms with van der Waals surface area (Å²) in [5.41, 5.74) is 1.16. The molecule has 110 valence electrons. The first kappa shape index (κ1) is 13.8. The molecule has 4 heteroatoms. The maximum Gasteiger partial charge on any atom is 0.132 e. The zero-order valence-corrected chi connectivity index (χ0v) is 12.7. The van der Waals surface area contributed by atoms with Crippen LogP contribution in [0.4, 0.5) is 5.82 Å². The van der Waals surface area contributed by atoms with E-state index in [1.807, 2.05) is 6.92 Å². The molecule has 1 saturated heterocycles. The Morgan fingerprint density at radius 1 is 1.25 bits per heavy atom. The average Bonchev–Trinajstić information content (AvgIpc) is 3.29. The van der Waals surface area contributed by atoms with Crippen LogP contribution in [0.5, 0.6) is 0 Å². The van der Waals surface area contributed by atoms with Gasteiger partial charge in [0.25, 0.3) is 0 Å². The Labute approximate surface area is 122 Å². The number of hydrogen-bond donors (Lipinski definition) is 1. The molecule has 0 bridgehead atoms. The molecule has 1 aliphatic carbocycles. The van der Waals surface area contributed by atoms with E-state index < -0.39 is 0 Å². The third-order valence-electron chi connectivity index (χ3n) is 4.38. The third kappa shape index (κ3) is 3.29. The molecule has 1 atom stereocenters. The van der Waals surface area contributed by atoms with Gasteiger partial charge >= 0.3 is 0 Å². The van der Waals surface area contributed by atoms with E-state index >= 15 is 0 Å². The lowest BCUT2D eigenvalue weighted by Crippen LogP contribution is -2.46. The van der Waals surface area contributed by atoms with Crippen LogP contribution in [0.15, 0.2) is 6.07 Å². The lowest BCUT2D eigenvalue weighted by molar-refractivity contribution is 0.431. The summed E-state index contributed by atoms with van der Waals surface area (Å²) >= 11 is 0. The number of piperidine rings is 1. The first-order valence-electron chi connectivity index (χ1n) is 8.11. The molecule has 1 aromatic rings. The minimum atomic E-state index is 0.600. The molecule has 0 spiro atoms. The fraction of sp³-hybridized carbons (Fsp3) is 0.750. The molecule has 0 amide bonds. The molecule has 1 unspecified atom stereocenters. The number of nitrogens with zero attached hydrogens (tertiary/aromatic N) is 3. The van der Waals surface area contributed by atoms with Crippen LogP contribution in [0.25, 0.3) is 0 Å². The van der Waals surface area contributed by atoms with Gasteiger partial charge < -0.3 is 10.2 Å². The van der Waals surface area contributed by atoms with Gasteiger partial charge in [-0.3, -0.25) is 0 Å². The normalized spacial score (nSPS) is 23.1. The number of hydrogen-bond acceptors (Lipinski definition) is 4. The van der Waals surface area contributed by atoms with Crippen LogP contribution in [0.3, 0.4) is 0 Å². The molecule has 3 rings (SSSR count). The number of nitrogens with one attached hydrogen (secondary N) is 1. The highest BCUT2D eigenvalue weighted by atomic mass is 15.2. The van der Waals surface area contributed by atoms with Crippen molar-refractivity contribution in [2.75, 3.05) is 18.0 Å². The Hall–Kier alpha value is -1.16. The average molecular weight is 274 g/mol. The van der Waals surface area contributed by atoms with Crippen molar-refractivity contribution >= 4 is 5.82 Å². The van der Waals surface area contributed by atoms with Gasteiger partial charge in [0.1, 0.15) is 11.6 Å². The van der Waals surface area contributed by atoms with Gasteiger partial charge in [0.05, 0.1) is 0 Å². The minimum absolute atomic E-state index is 0.600. The smallest absolute Gasteiger partial charge is 0.132 e. The van der Waals surface area contributed by atoms with Crippen LogP contribution in [-0.2, 0) is 6.42 Å². The lowest BCUT2D eigenvalue weighted by atomic mass is 10.0. The van der Waals surface area contributed by atoms with E-state index in [2.05, 4.69) is 33.2 Å². The van der Waals surface area contributed by atoms with Gasteiger partial charge in [-0.1, -0.05) is 6.92 Å². The highest BCUT2D eigenvalue weighted by molar-refractivity contribution is 5.42. The molecule has 1 aliphatic heterocycles. The van der Waals surface area contributed by atoms with E-state index in [-0.39, 0.29) is 0 Å². The molecular formula is C16H26N4. The lowest BCUT2D eigenvalue weighted by Gasteiger charge is -2.37. The Bertz CT molecular complexity index is 456. The fourth-order valence-electron chi connectivity index (χ4n) is 3.04. The van der Waals surface area contributed by atoms with Gasteiger partial charge in [0, 0.05) is 36.9 Å². The van der Waals surface area contributed by atoms with Crippen LogP contribution in [0.2, 0.25) is 0 Å². The molecule has 0 aromatic carbocycles. The van der Waals surface area contributed by atoms with Crippen molar-refractivity contribution in [1.29, 1.82) is 0 Å². The Morgan fingerprint density at radius 3 is 2.85 bits per heavy atom. The molecule has 2 heterocycles. The summed E-state index contributed by atoms with van der Waals surface area (Å²) < 4.78 is 0. The number of aromatic nitrogens is 2. The van der Waals surface area contributed by atoms with E-state index in [1.54, 1.807) is 0 Å². The van der Waals surface area contributed by atoms with Crippen LogP contribution < -0.4 is 10.2 Å². The van der Waals surface area contributed by atoms with Crippen LogP contribution in [0.1, 0.15) is 50.5 Å². The zero-order valence-electron chi connectivity index (χ0n) is 12.7. The number of rotatable bonds is 5. The van der Waals surface area contributed by atoms with Crippen LogP contribution >= 0.6 is 0 Å². The van der Waals surface area contributed by atoms with Crippen LogP contribution in [0, 0.1) is 6.92 Å². The van der Waals surface area contributed by atoms with Crippen molar-refractivity contribution in [3.63, 3.8) is 0 Å². The molecule has 1 N–H and O–H groups in total. The molecule has 1 saturated carbocycles. The molecule has 4 nitrogen and oxygen atoms in total. The summed E-state index contributed by atoms with van der Waals surface area (Å²) in [4.78, 5) is 11.7. The first-order chi connectivity index (χ1) is 9.76. The molecule has 2 aliphatic rings. The van der Waals surface area contributed by atoms with Gasteiger partial charge in [0.2, 0.25) is 0 Å². The highest BCUT2D eigenvalue weighted by Gasteiger charge is 2.27. The van der Waals surface area contributed by atoms with Crippen molar-refractivity contribution in [1.82, 2.24) is 15.3 Å². The van der Waals surface area contributed by atoms with Gasteiger partial charge in [-0.25, -0.2) is 9.97 Å². The fourth-order valence-corrected chi connectivity index (χ4v) is 3.04. The van der Waals surface area contributed by atoms with E-state index in [9.17, 15) is 0 Å². The maximum atomic E-state index is 4.69. The molecular weight excluding hydrogens is 248 g/mol. The van der Waals surface area contributed by atoms with E-state index in [0.29, 0.717) is 6.04 Å². The van der Waals surface area contributed by atoms with E-state index in [1.165, 1.54) is 32.1 Å². The van der Waals surface area contributed by atoms with E-state index in [4.69, 9.17) is 0 Å². The molecule has 2 fully saturated rings. The van der Waals surface area contributed by atoms with Crippen molar-refractivity contribution in [2.24, 2.45) is 0 Å². The summed E-state index contributed by atoms with van der Waals surface area (Å²) in [6.45, 7) is 6.41. The zero-order chi connectivity index (χ0) is 13.9. The second kappa shape index (κ2) is 6.08. The largest absolute Gasteiger partial charge is 0.352 e. The van der Waals surface area contributed by atoms with E-state index in [0.717, 1.165) is 42.9 Å². The summed E-state index contributed by atoms with van der Waals surface area (Å²) in [6.07, 6.45) is 7.61. The van der Waals surface area contributed by atoms with Crippen molar-refractivity contribution in [3.8, 4) is 0 Å². The summed E-state index contributed by atoms with van der Waals surface area (Å²) in [7, 11) is 0. The Morgan fingerprint density at radius 2 is 2.10 bits per heavy atom. The second-order valence-corrected chi connectivity index (χ2v) is 6.14. The van der Waals surface area contributed by atoms with Gasteiger partial charge in [-0.05, 0) is 45.4 Å². The predicted molar refractivity (Wildman–Crippen MR) is 82.2 cm³/mol. The number of anilines is 1. The van der Waals surface area contributed by atoms with Crippen molar-refractivity contribution in [3.05, 3.63) is 17.6 Å². The maximum absolute atomic E-state index is 4.69. The van der Waals surface area contributed by atoms with Gasteiger partial charge in [-0.2, -0.15) is 0 Å². The quantitative estimate of drug-likeness (QED) is 0.895. The first-order valence-corrected chi connectivity index (χ1v) is 8.11. The minimum Gasteiger partial charge on any atom is -0.352 e. The molecule has 20 heavy (non-hydrogen) atoms. The van der Waals surface area contributed by atoms with Gasteiger partial charge in [0.15, 0.2) is 0 Å². The summed E-state index contributed by atoms with van der Waals surface area (Å²) in [6, 6.07) is 3.57. The summed E-state index contributed by atoms with van der Waals surface area (Å²) in [5.74, 6) is 2.04. The summed E-state index contributed by atoms with van der Waals surface area (Å²) in [5, 5.41) is 3.68. The van der Waals surface area contributed by atoms with Gasteiger partial charge in [-0.15, -0.1) is 0 Å². The van der Waals surface area contributed by atoms with Crippen molar-refractivity contribution in [2.45, 2.75) is 64.5 Å². The monoisotopic (exact) mass is 274 g/mol. The van der Waals surface area contributed by atoms with Crippen molar-refractivity contribution < 1.29 is 0 Å². The SMILES string of the molecule is CCc1cc(N2CCCCC2CNC2CC2)nc(C)n1. The third-order valence-corrected chi connectivity index (χ3v) is 4.38. The predicted octanol–water partition coefficient (Wildman–Crippen LogP) is 2.46.